The quantitative estimate of drug-likeness (QED) is 0.465. The minimum atomic E-state index is -0.936. The fourth-order valence-corrected chi connectivity index (χ4v) is 0.480. The summed E-state index contributed by atoms with van der Waals surface area (Å²) in [6.45, 7) is 5.10. The zero-order valence-corrected chi connectivity index (χ0v) is 7.93. The first-order valence-electron chi connectivity index (χ1n) is 2.82. The second-order valence-electron chi connectivity index (χ2n) is 1.91. The van der Waals surface area contributed by atoms with Crippen LogP contribution in [0.2, 0.25) is 0 Å². The molecule has 0 saturated carbocycles. The first kappa shape index (κ1) is 9.87. The third kappa shape index (κ3) is 4.72. The lowest BCUT2D eigenvalue weighted by atomic mass is 10.4. The Kier molecular flexibility index (Phi) is 4.59. The van der Waals surface area contributed by atoms with Gasteiger partial charge in [-0.2, -0.15) is 0 Å². The van der Waals surface area contributed by atoms with Crippen molar-refractivity contribution in [3.63, 3.8) is 0 Å². The molecule has 0 aromatic heterocycles. The van der Waals surface area contributed by atoms with Crippen LogP contribution in [-0.4, -0.2) is 18.6 Å². The van der Waals surface area contributed by atoms with Gasteiger partial charge in [0.05, 0.1) is 6.54 Å². The molecule has 0 saturated heterocycles. The molecule has 0 rings (SSSR count). The molecule has 2 nitrogen and oxygen atoms in total. The Hall–Kier alpha value is -0.130. The highest BCUT2D eigenvalue weighted by Gasteiger charge is 1.97. The third-order valence-corrected chi connectivity index (χ3v) is 1.34. The molecule has 4 heteroatoms. The Morgan fingerprint density at radius 2 is 2.40 bits per heavy atom. The number of rotatable bonds is 3. The number of hydrogen-bond acceptors (Lipinski definition) is 1. The maximum absolute atomic E-state index is 12.1. The molecular weight excluding hydrogens is 246 g/mol. The number of hydrogen-bond donors (Lipinski definition) is 1. The predicted octanol–water partition coefficient (Wildman–Crippen LogP) is 1.65. The number of alkyl halides is 1. The summed E-state index contributed by atoms with van der Waals surface area (Å²) in [7, 11) is 0. The predicted molar refractivity (Wildman–Crippen MR) is 50.2 cm³/mol. The molecule has 0 unspecified atom stereocenters. The largest absolute Gasteiger partial charge is 0.383 e. The lowest BCUT2D eigenvalue weighted by molar-refractivity contribution is 0.371. The maximum atomic E-state index is 12.1. The van der Waals surface area contributed by atoms with E-state index in [-0.39, 0.29) is 6.54 Å². The molecule has 0 aliphatic carbocycles. The van der Waals surface area contributed by atoms with Crippen molar-refractivity contribution in [1.29, 1.82) is 0 Å². The zero-order valence-electron chi connectivity index (χ0n) is 5.77. The first-order chi connectivity index (χ1) is 4.54. The van der Waals surface area contributed by atoms with Crippen molar-refractivity contribution in [2.24, 2.45) is 10.7 Å². The van der Waals surface area contributed by atoms with Crippen LogP contribution in [0.25, 0.3) is 0 Å². The second kappa shape index (κ2) is 4.65. The molecule has 1 atom stereocenters. The summed E-state index contributed by atoms with van der Waals surface area (Å²) in [6.07, 6.45) is -0.936. The van der Waals surface area contributed by atoms with Crippen LogP contribution in [-0.2, 0) is 0 Å². The smallest absolute Gasteiger partial charge is 0.131 e. The lowest BCUT2D eigenvalue weighted by Gasteiger charge is -1.97. The van der Waals surface area contributed by atoms with E-state index in [1.165, 1.54) is 6.92 Å². The molecule has 58 valence electrons. The van der Waals surface area contributed by atoms with Crippen LogP contribution in [0.5, 0.6) is 0 Å². The molecule has 0 amide bonds. The van der Waals surface area contributed by atoms with E-state index in [2.05, 4.69) is 11.6 Å². The van der Waals surface area contributed by atoms with Crippen molar-refractivity contribution in [2.75, 3.05) is 6.54 Å². The van der Waals surface area contributed by atoms with Gasteiger partial charge in [-0.25, -0.2) is 4.39 Å². The van der Waals surface area contributed by atoms with Gasteiger partial charge in [-0.1, -0.05) is 6.58 Å². The summed E-state index contributed by atoms with van der Waals surface area (Å²) in [5.74, 6) is 0.324. The van der Waals surface area contributed by atoms with Crippen LogP contribution in [0.1, 0.15) is 6.92 Å². The van der Waals surface area contributed by atoms with E-state index in [0.29, 0.717) is 9.42 Å². The standard InChI is InChI=1S/C6H10FIN2/c1-4(7)3-10-6(9)5(2)8/h4H,2-3H2,1H3,(H2,9,10)/t4-/m0/s1. The van der Waals surface area contributed by atoms with E-state index in [1.54, 1.807) is 0 Å². The van der Waals surface area contributed by atoms with Gasteiger partial charge in [-0.15, -0.1) is 0 Å². The molecule has 0 aliphatic rings. The van der Waals surface area contributed by atoms with E-state index in [1.807, 2.05) is 22.6 Å². The van der Waals surface area contributed by atoms with E-state index < -0.39 is 6.17 Å². The molecule has 0 spiro atoms. The van der Waals surface area contributed by atoms with Gasteiger partial charge in [0.2, 0.25) is 0 Å². The summed E-state index contributed by atoms with van der Waals surface area (Å²) < 4.78 is 12.8. The fourth-order valence-electron chi connectivity index (χ4n) is 0.310. The Morgan fingerprint density at radius 3 is 2.70 bits per heavy atom. The molecule has 0 heterocycles. The Bertz CT molecular complexity index is 154. The van der Waals surface area contributed by atoms with Crippen LogP contribution in [0.15, 0.2) is 15.2 Å². The van der Waals surface area contributed by atoms with E-state index in [9.17, 15) is 4.39 Å². The van der Waals surface area contributed by atoms with Crippen LogP contribution in [0.3, 0.4) is 0 Å². The van der Waals surface area contributed by atoms with Crippen molar-refractivity contribution in [3.8, 4) is 0 Å². The minimum Gasteiger partial charge on any atom is -0.383 e. The third-order valence-electron chi connectivity index (χ3n) is 0.791. The van der Waals surface area contributed by atoms with E-state index in [0.717, 1.165) is 0 Å². The SMILES string of the molecule is C=C(I)C(N)=NC[C@H](C)F. The Balaban J connectivity index is 3.81. The van der Waals surface area contributed by atoms with Gasteiger partial charge in [-0.3, -0.25) is 4.99 Å². The summed E-state index contributed by atoms with van der Waals surface area (Å²) in [4.78, 5) is 3.74. The van der Waals surface area contributed by atoms with Crippen LogP contribution >= 0.6 is 22.6 Å². The van der Waals surface area contributed by atoms with E-state index >= 15 is 0 Å². The molecule has 0 fully saturated rings. The Labute approximate surface area is 73.5 Å². The monoisotopic (exact) mass is 256 g/mol. The number of halogens is 2. The molecular formula is C6H10FIN2. The van der Waals surface area contributed by atoms with Crippen LogP contribution in [0.4, 0.5) is 4.39 Å². The Morgan fingerprint density at radius 1 is 1.90 bits per heavy atom. The topological polar surface area (TPSA) is 38.4 Å². The minimum absolute atomic E-state index is 0.119. The summed E-state index contributed by atoms with van der Waals surface area (Å²) in [6, 6.07) is 0. The van der Waals surface area contributed by atoms with Gasteiger partial charge < -0.3 is 5.73 Å². The van der Waals surface area contributed by atoms with Gasteiger partial charge in [0, 0.05) is 3.58 Å². The molecule has 0 aromatic rings. The second-order valence-corrected chi connectivity index (χ2v) is 3.21. The molecule has 2 N–H and O–H groups in total. The van der Waals surface area contributed by atoms with Crippen molar-refractivity contribution < 1.29 is 4.39 Å². The molecule has 0 radical (unpaired) electrons. The average molecular weight is 256 g/mol. The summed E-state index contributed by atoms with van der Waals surface area (Å²) >= 11 is 1.94. The number of amidine groups is 1. The van der Waals surface area contributed by atoms with Gasteiger partial charge in [-0.05, 0) is 29.5 Å². The summed E-state index contributed by atoms with van der Waals surface area (Å²) in [5, 5.41) is 0. The highest BCUT2D eigenvalue weighted by molar-refractivity contribution is 14.1. The number of nitrogens with two attached hydrogens (primary N) is 1. The van der Waals surface area contributed by atoms with Crippen LogP contribution in [0, 0.1) is 0 Å². The van der Waals surface area contributed by atoms with Gasteiger partial charge in [0.25, 0.3) is 0 Å². The van der Waals surface area contributed by atoms with Crippen LogP contribution < -0.4 is 5.73 Å². The first-order valence-corrected chi connectivity index (χ1v) is 3.90. The van der Waals surface area contributed by atoms with Crippen molar-refractivity contribution in [2.45, 2.75) is 13.1 Å². The van der Waals surface area contributed by atoms with Gasteiger partial charge in [0.1, 0.15) is 12.0 Å². The molecule has 10 heavy (non-hydrogen) atoms. The summed E-state index contributed by atoms with van der Waals surface area (Å²) in [5.41, 5.74) is 5.34. The highest BCUT2D eigenvalue weighted by Crippen LogP contribution is 2.01. The van der Waals surface area contributed by atoms with Crippen molar-refractivity contribution in [3.05, 3.63) is 10.2 Å². The normalized spacial score (nSPS) is 14.9. The van der Waals surface area contributed by atoms with Crippen molar-refractivity contribution >= 4 is 28.4 Å². The molecule has 0 aliphatic heterocycles. The van der Waals surface area contributed by atoms with E-state index in [4.69, 9.17) is 5.73 Å². The highest BCUT2D eigenvalue weighted by atomic mass is 127. The number of aliphatic imine (C=N–C) groups is 1. The van der Waals surface area contributed by atoms with Gasteiger partial charge in [0.15, 0.2) is 0 Å². The zero-order chi connectivity index (χ0) is 8.15. The van der Waals surface area contributed by atoms with Gasteiger partial charge >= 0.3 is 0 Å². The fraction of sp³-hybridized carbons (Fsp3) is 0.500. The number of nitrogens with zero attached hydrogens (tertiary/aromatic N) is 1. The average Bonchev–Trinajstić information content (AvgIpc) is 1.82. The molecule has 0 bridgehead atoms. The van der Waals surface area contributed by atoms with Crippen molar-refractivity contribution in [1.82, 2.24) is 0 Å². The molecule has 0 aromatic carbocycles. The maximum Gasteiger partial charge on any atom is 0.131 e. The lowest BCUT2D eigenvalue weighted by Crippen LogP contribution is -2.13.